The molecule has 0 rings (SSSR count). The Kier molecular flexibility index (Phi) is 49.5. The van der Waals surface area contributed by atoms with E-state index in [0.717, 1.165) is 83.5 Å². The lowest BCUT2D eigenvalue weighted by atomic mass is 10.0. The molecule has 3 unspecified atom stereocenters. The molecule has 9 nitrogen and oxygen atoms in total. The Balaban J connectivity index is 5.19. The number of hydrogen-bond acceptors (Lipinski definition) is 6. The van der Waals surface area contributed by atoms with Crippen molar-refractivity contribution < 1.29 is 37.3 Å². The Morgan fingerprint density at radius 3 is 1.26 bits per heavy atom. The number of nitrogens with zero attached hydrogens (tertiary/aromatic N) is 1. The molecule has 0 spiro atoms. The minimum absolute atomic E-state index is 0.0400. The van der Waals surface area contributed by atoms with Crippen LogP contribution in [0, 0.1) is 0 Å². The van der Waals surface area contributed by atoms with Crippen LogP contribution in [0.5, 0.6) is 0 Å². The monoisotopic (exact) mass is 1010 g/mol. The Bertz CT molecular complexity index is 1300. The Hall–Kier alpha value is -1.77. The molecule has 0 aromatic heterocycles. The van der Waals surface area contributed by atoms with E-state index < -0.39 is 20.0 Å². The van der Waals surface area contributed by atoms with Crippen LogP contribution in [-0.2, 0) is 27.9 Å². The fourth-order valence-electron chi connectivity index (χ4n) is 8.62. The van der Waals surface area contributed by atoms with E-state index in [0.29, 0.717) is 23.9 Å². The molecule has 0 radical (unpaired) electrons. The summed E-state index contributed by atoms with van der Waals surface area (Å²) in [6, 6.07) is -0.848. The number of quaternary nitrogens is 1. The van der Waals surface area contributed by atoms with E-state index >= 15 is 0 Å². The molecule has 10 heteroatoms. The number of esters is 1. The minimum Gasteiger partial charge on any atom is -0.456 e. The molecular weight excluding hydrogens is 892 g/mol. The van der Waals surface area contributed by atoms with Crippen LogP contribution in [0.4, 0.5) is 0 Å². The predicted molar refractivity (Wildman–Crippen MR) is 300 cm³/mol. The summed E-state index contributed by atoms with van der Waals surface area (Å²) < 4.78 is 30.6. The van der Waals surface area contributed by atoms with Gasteiger partial charge in [0, 0.05) is 12.8 Å². The van der Waals surface area contributed by atoms with Gasteiger partial charge in [-0.15, -0.1) is 0 Å². The van der Waals surface area contributed by atoms with Crippen molar-refractivity contribution in [2.45, 2.75) is 296 Å². The first-order valence-electron chi connectivity index (χ1n) is 29.8. The first kappa shape index (κ1) is 68.2. The average molecular weight is 1010 g/mol. The van der Waals surface area contributed by atoms with E-state index in [1.165, 1.54) is 167 Å². The topological polar surface area (TPSA) is 111 Å². The second-order valence-electron chi connectivity index (χ2n) is 21.5. The molecule has 0 aliphatic heterocycles. The minimum atomic E-state index is -4.44. The molecule has 0 bridgehead atoms. The van der Waals surface area contributed by atoms with Crippen molar-refractivity contribution in [3.05, 3.63) is 36.5 Å². The molecular formula is C60H116N2O7P+. The van der Waals surface area contributed by atoms with Crippen LogP contribution in [0.25, 0.3) is 0 Å². The lowest BCUT2D eigenvalue weighted by molar-refractivity contribution is -0.870. The third-order valence-electron chi connectivity index (χ3n) is 13.3. The van der Waals surface area contributed by atoms with Crippen LogP contribution in [0.1, 0.15) is 284 Å². The van der Waals surface area contributed by atoms with Crippen molar-refractivity contribution in [1.82, 2.24) is 5.32 Å². The quantitative estimate of drug-likeness (QED) is 0.0205. The average Bonchev–Trinajstić information content (AvgIpc) is 3.32. The highest BCUT2D eigenvalue weighted by Gasteiger charge is 2.30. The smallest absolute Gasteiger partial charge is 0.456 e. The number of phosphoric acid groups is 1. The number of hydrogen-bond donors (Lipinski definition) is 2. The summed E-state index contributed by atoms with van der Waals surface area (Å²) in [5, 5.41) is 3.04. The Morgan fingerprint density at radius 2 is 0.843 bits per heavy atom. The molecule has 0 fully saturated rings. The van der Waals surface area contributed by atoms with E-state index in [1.54, 1.807) is 0 Å². The number of rotatable bonds is 54. The number of ether oxygens (including phenoxy) is 1. The second kappa shape index (κ2) is 50.7. The number of amides is 1. The van der Waals surface area contributed by atoms with Gasteiger partial charge in [-0.25, -0.2) is 4.57 Å². The number of likely N-dealkylation sites (N-methyl/N-ethyl adjacent to an activating group) is 1. The number of nitrogens with one attached hydrogen (secondary N) is 1. The molecule has 0 saturated carbocycles. The highest BCUT2D eigenvalue weighted by atomic mass is 31.2. The van der Waals surface area contributed by atoms with Gasteiger partial charge in [0.15, 0.2) is 0 Å². The molecule has 0 heterocycles. The van der Waals surface area contributed by atoms with Gasteiger partial charge in [0.25, 0.3) is 0 Å². The first-order valence-corrected chi connectivity index (χ1v) is 31.3. The van der Waals surface area contributed by atoms with Crippen molar-refractivity contribution in [3.63, 3.8) is 0 Å². The summed E-state index contributed by atoms with van der Waals surface area (Å²) in [6.45, 7) is 6.98. The van der Waals surface area contributed by atoms with Crippen LogP contribution >= 0.6 is 7.82 Å². The Morgan fingerprint density at radius 1 is 0.486 bits per heavy atom. The van der Waals surface area contributed by atoms with E-state index in [9.17, 15) is 19.0 Å². The standard InChI is InChI=1S/C60H115N2O7P/c1-7-10-13-16-19-22-25-27-28-29-30-31-32-33-34-35-38-41-44-47-50-53-60(64)69-58(51-48-45-42-39-37-26-23-20-17-14-11-8-2)57(56-68-70(65,66)67-55-54-62(4,5)6)61-59(63)52-49-46-43-40-36-24-21-18-15-12-9-3/h18,21,27-28,48,51,57-58H,7-17,19-20,22-26,29-47,49-50,52-56H2,1-6H3,(H-,61,63,65,66)/p+1/b21-18-,28-27+,51-48-. The van der Waals surface area contributed by atoms with Crippen LogP contribution in [0.2, 0.25) is 0 Å². The third-order valence-corrected chi connectivity index (χ3v) is 14.3. The molecule has 2 N–H and O–H groups in total. The molecule has 70 heavy (non-hydrogen) atoms. The Labute approximate surface area is 434 Å². The summed E-state index contributed by atoms with van der Waals surface area (Å²) >= 11 is 0. The van der Waals surface area contributed by atoms with Gasteiger partial charge in [-0.05, 0) is 76.7 Å². The van der Waals surface area contributed by atoms with Gasteiger partial charge in [-0.2, -0.15) is 0 Å². The molecule has 0 aromatic carbocycles. The first-order chi connectivity index (χ1) is 33.9. The summed E-state index contributed by atoms with van der Waals surface area (Å²) in [7, 11) is 1.50. The number of allylic oxidation sites excluding steroid dienone is 5. The molecule has 0 aromatic rings. The van der Waals surface area contributed by atoms with Gasteiger partial charge in [0.2, 0.25) is 5.91 Å². The molecule has 0 aliphatic rings. The van der Waals surface area contributed by atoms with Crippen LogP contribution < -0.4 is 5.32 Å². The molecule has 412 valence electrons. The van der Waals surface area contributed by atoms with Crippen molar-refractivity contribution in [1.29, 1.82) is 0 Å². The normalized spacial score (nSPS) is 14.0. The summed E-state index contributed by atoms with van der Waals surface area (Å²) in [6.07, 6.45) is 60.0. The SMILES string of the molecule is CCCC/C=C\CCCCCCCC(=O)NC(COP(=O)(O)OCC[N+](C)(C)C)C(/C=C\CCCCCCCCCCCC)OC(=O)CCCCCCCCCCCCC/C=C/CCCCCCCC. The summed E-state index contributed by atoms with van der Waals surface area (Å²) in [4.78, 5) is 37.5. The van der Waals surface area contributed by atoms with Gasteiger partial charge in [-0.1, -0.05) is 231 Å². The fourth-order valence-corrected chi connectivity index (χ4v) is 9.36. The maximum Gasteiger partial charge on any atom is 0.472 e. The number of phosphoric ester groups is 1. The van der Waals surface area contributed by atoms with Crippen LogP contribution in [0.15, 0.2) is 36.5 Å². The van der Waals surface area contributed by atoms with Gasteiger partial charge in [0.05, 0.1) is 33.8 Å². The maximum absolute atomic E-state index is 13.5. The van der Waals surface area contributed by atoms with Crippen molar-refractivity contribution in [3.8, 4) is 0 Å². The summed E-state index contributed by atoms with van der Waals surface area (Å²) in [5.41, 5.74) is 0. The lowest BCUT2D eigenvalue weighted by Gasteiger charge is -2.27. The van der Waals surface area contributed by atoms with E-state index in [2.05, 4.69) is 50.4 Å². The predicted octanol–water partition coefficient (Wildman–Crippen LogP) is 17.9. The van der Waals surface area contributed by atoms with Gasteiger partial charge < -0.3 is 19.4 Å². The second-order valence-corrected chi connectivity index (χ2v) is 23.0. The van der Waals surface area contributed by atoms with E-state index in [4.69, 9.17) is 13.8 Å². The van der Waals surface area contributed by atoms with E-state index in [-0.39, 0.29) is 25.1 Å². The highest BCUT2D eigenvalue weighted by molar-refractivity contribution is 7.47. The lowest BCUT2D eigenvalue weighted by Crippen LogP contribution is -2.47. The van der Waals surface area contributed by atoms with Crippen molar-refractivity contribution in [2.24, 2.45) is 0 Å². The van der Waals surface area contributed by atoms with Gasteiger partial charge in [-0.3, -0.25) is 18.6 Å². The number of carbonyl (C=O) groups is 2. The van der Waals surface area contributed by atoms with E-state index in [1.807, 2.05) is 33.3 Å². The zero-order valence-electron chi connectivity index (χ0n) is 47.0. The van der Waals surface area contributed by atoms with Gasteiger partial charge in [0.1, 0.15) is 19.3 Å². The zero-order chi connectivity index (χ0) is 51.5. The number of unbranched alkanes of at least 4 members (excludes halogenated alkanes) is 34. The molecule has 1 amide bonds. The summed E-state index contributed by atoms with van der Waals surface area (Å²) in [5.74, 6) is -0.509. The highest BCUT2D eigenvalue weighted by Crippen LogP contribution is 2.43. The third kappa shape index (κ3) is 51.1. The number of carbonyl (C=O) groups excluding carboxylic acids is 2. The van der Waals surface area contributed by atoms with Crippen molar-refractivity contribution in [2.75, 3.05) is 40.9 Å². The van der Waals surface area contributed by atoms with Gasteiger partial charge >= 0.3 is 13.8 Å². The maximum atomic E-state index is 13.5. The molecule has 3 atom stereocenters. The van der Waals surface area contributed by atoms with Crippen LogP contribution in [-0.4, -0.2) is 74.3 Å². The molecule has 0 saturated heterocycles. The largest absolute Gasteiger partial charge is 0.472 e. The molecule has 0 aliphatic carbocycles. The zero-order valence-corrected chi connectivity index (χ0v) is 47.9. The van der Waals surface area contributed by atoms with Crippen LogP contribution in [0.3, 0.4) is 0 Å². The van der Waals surface area contributed by atoms with Crippen molar-refractivity contribution >= 4 is 19.7 Å². The fraction of sp³-hybridized carbons (Fsp3) is 0.867.